The number of morpholine rings is 1. The van der Waals surface area contributed by atoms with Crippen molar-refractivity contribution in [3.63, 3.8) is 0 Å². The number of rotatable bonds is 7. The van der Waals surface area contributed by atoms with E-state index in [0.29, 0.717) is 50.0 Å². The number of aromatic nitrogens is 1. The van der Waals surface area contributed by atoms with E-state index in [1.165, 1.54) is 0 Å². The van der Waals surface area contributed by atoms with Gasteiger partial charge in [-0.15, -0.1) is 0 Å². The van der Waals surface area contributed by atoms with Gasteiger partial charge in [0.25, 0.3) is 5.91 Å². The lowest BCUT2D eigenvalue weighted by atomic mass is 10.1. The molecular formula is C22H28N4O3. The molecule has 29 heavy (non-hydrogen) atoms. The number of amides is 2. The van der Waals surface area contributed by atoms with Crippen LogP contribution in [0.3, 0.4) is 0 Å². The number of carbonyl (C=O) groups excluding carboxylic acids is 2. The largest absolute Gasteiger partial charge is 0.379 e. The average Bonchev–Trinajstić information content (AvgIpc) is 2.74. The van der Waals surface area contributed by atoms with Crippen LogP contribution in [-0.2, 0) is 9.53 Å². The van der Waals surface area contributed by atoms with E-state index in [1.807, 2.05) is 26.0 Å². The number of nitrogens with one attached hydrogen (secondary N) is 2. The molecule has 2 amide bonds. The molecule has 1 saturated heterocycles. The molecule has 2 aromatic rings. The molecule has 1 unspecified atom stereocenters. The lowest BCUT2D eigenvalue weighted by Gasteiger charge is -2.33. The van der Waals surface area contributed by atoms with E-state index >= 15 is 0 Å². The molecule has 1 aliphatic rings. The van der Waals surface area contributed by atoms with Gasteiger partial charge in [-0.2, -0.15) is 0 Å². The summed E-state index contributed by atoms with van der Waals surface area (Å²) in [6.45, 7) is 7.22. The van der Waals surface area contributed by atoms with Gasteiger partial charge in [0.15, 0.2) is 0 Å². The van der Waals surface area contributed by atoms with Crippen molar-refractivity contribution in [2.45, 2.75) is 19.9 Å². The third-order valence-corrected chi connectivity index (χ3v) is 4.72. The molecule has 0 bridgehead atoms. The Labute approximate surface area is 171 Å². The molecule has 154 valence electrons. The lowest BCUT2D eigenvalue weighted by molar-refractivity contribution is -0.123. The summed E-state index contributed by atoms with van der Waals surface area (Å²) in [7, 11) is 0. The zero-order valence-electron chi connectivity index (χ0n) is 16.9. The number of benzene rings is 1. The van der Waals surface area contributed by atoms with Crippen LogP contribution in [0.2, 0.25) is 0 Å². The van der Waals surface area contributed by atoms with Crippen molar-refractivity contribution < 1.29 is 14.3 Å². The van der Waals surface area contributed by atoms with Crippen LogP contribution in [0.15, 0.2) is 48.8 Å². The van der Waals surface area contributed by atoms with Crippen LogP contribution in [0.1, 0.15) is 35.8 Å². The number of nitrogens with zero attached hydrogens (tertiary/aromatic N) is 2. The monoisotopic (exact) mass is 396 g/mol. The van der Waals surface area contributed by atoms with Gasteiger partial charge in [-0.3, -0.25) is 19.5 Å². The van der Waals surface area contributed by atoms with Crippen LogP contribution >= 0.6 is 0 Å². The van der Waals surface area contributed by atoms with Crippen LogP contribution in [0.25, 0.3) is 0 Å². The summed E-state index contributed by atoms with van der Waals surface area (Å²) in [5.41, 5.74) is 1.94. The molecule has 0 radical (unpaired) electrons. The minimum atomic E-state index is -0.467. The number of ether oxygens (including phenoxy) is 1. The third kappa shape index (κ3) is 5.85. The van der Waals surface area contributed by atoms with E-state index in [9.17, 15) is 9.59 Å². The first-order valence-electron chi connectivity index (χ1n) is 9.95. The Balaban J connectivity index is 1.75. The number of pyridine rings is 1. The summed E-state index contributed by atoms with van der Waals surface area (Å²) in [5.74, 6) is 0.0713. The van der Waals surface area contributed by atoms with Crippen LogP contribution in [0.4, 0.5) is 5.69 Å². The van der Waals surface area contributed by atoms with Gasteiger partial charge in [0.1, 0.15) is 6.04 Å². The molecule has 3 rings (SSSR count). The second kappa shape index (κ2) is 10.1. The maximum atomic E-state index is 13.2. The quantitative estimate of drug-likeness (QED) is 0.751. The van der Waals surface area contributed by atoms with Crippen molar-refractivity contribution in [3.8, 4) is 0 Å². The Kier molecular flexibility index (Phi) is 7.32. The Morgan fingerprint density at radius 3 is 2.66 bits per heavy atom. The molecule has 1 atom stereocenters. The molecular weight excluding hydrogens is 368 g/mol. The van der Waals surface area contributed by atoms with Gasteiger partial charge in [-0.05, 0) is 35.7 Å². The van der Waals surface area contributed by atoms with Gasteiger partial charge in [0, 0.05) is 43.3 Å². The highest BCUT2D eigenvalue weighted by atomic mass is 16.5. The second-order valence-corrected chi connectivity index (χ2v) is 7.51. The predicted octanol–water partition coefficient (Wildman–Crippen LogP) is 2.48. The van der Waals surface area contributed by atoms with E-state index in [0.717, 1.165) is 5.56 Å². The highest BCUT2D eigenvalue weighted by Crippen LogP contribution is 2.23. The summed E-state index contributed by atoms with van der Waals surface area (Å²) in [5, 5.41) is 5.87. The SMILES string of the molecule is CC(C)CNC(=O)c1cccc(NC(=O)C(c2cccnc2)N2CCOCC2)c1. The zero-order chi connectivity index (χ0) is 20.6. The molecule has 1 fully saturated rings. The second-order valence-electron chi connectivity index (χ2n) is 7.51. The van der Waals surface area contributed by atoms with Gasteiger partial charge in [0.05, 0.1) is 13.2 Å². The standard InChI is InChI=1S/C22H28N4O3/c1-16(2)14-24-21(27)17-5-3-7-19(13-17)25-22(28)20(18-6-4-8-23-15-18)26-9-11-29-12-10-26/h3-8,13,15-16,20H,9-12,14H2,1-2H3,(H,24,27)(H,25,28). The average molecular weight is 396 g/mol. The third-order valence-electron chi connectivity index (χ3n) is 4.72. The molecule has 0 aliphatic carbocycles. The van der Waals surface area contributed by atoms with Crippen LogP contribution in [0, 0.1) is 5.92 Å². The fourth-order valence-corrected chi connectivity index (χ4v) is 3.25. The Hall–Kier alpha value is -2.77. The molecule has 0 saturated carbocycles. The molecule has 1 aromatic heterocycles. The molecule has 2 N–H and O–H groups in total. The maximum absolute atomic E-state index is 13.2. The maximum Gasteiger partial charge on any atom is 0.251 e. The first-order valence-corrected chi connectivity index (χ1v) is 9.95. The van der Waals surface area contributed by atoms with Gasteiger partial charge in [-0.25, -0.2) is 0 Å². The van der Waals surface area contributed by atoms with E-state index in [1.54, 1.807) is 36.7 Å². The van der Waals surface area contributed by atoms with Crippen molar-refractivity contribution in [1.82, 2.24) is 15.2 Å². The van der Waals surface area contributed by atoms with Gasteiger partial charge in [-0.1, -0.05) is 26.0 Å². The van der Waals surface area contributed by atoms with Crippen LogP contribution < -0.4 is 10.6 Å². The van der Waals surface area contributed by atoms with Crippen molar-refractivity contribution >= 4 is 17.5 Å². The van der Waals surface area contributed by atoms with Crippen molar-refractivity contribution in [1.29, 1.82) is 0 Å². The molecule has 2 heterocycles. The summed E-state index contributed by atoms with van der Waals surface area (Å²) < 4.78 is 5.43. The zero-order valence-corrected chi connectivity index (χ0v) is 16.9. The van der Waals surface area contributed by atoms with E-state index in [2.05, 4.69) is 20.5 Å². The summed E-state index contributed by atoms with van der Waals surface area (Å²) in [6, 6.07) is 10.3. The van der Waals surface area contributed by atoms with Gasteiger partial charge < -0.3 is 15.4 Å². The first-order chi connectivity index (χ1) is 14.0. The molecule has 1 aromatic carbocycles. The summed E-state index contributed by atoms with van der Waals surface area (Å²) >= 11 is 0. The van der Waals surface area contributed by atoms with Crippen molar-refractivity contribution in [2.75, 3.05) is 38.2 Å². The van der Waals surface area contributed by atoms with Crippen LogP contribution in [-0.4, -0.2) is 54.5 Å². The highest BCUT2D eigenvalue weighted by molar-refractivity contribution is 5.98. The number of hydrogen-bond donors (Lipinski definition) is 2. The Morgan fingerprint density at radius 1 is 1.17 bits per heavy atom. The van der Waals surface area contributed by atoms with E-state index in [-0.39, 0.29) is 11.8 Å². The Morgan fingerprint density at radius 2 is 1.97 bits per heavy atom. The minimum absolute atomic E-state index is 0.146. The number of carbonyl (C=O) groups is 2. The van der Waals surface area contributed by atoms with Crippen LogP contribution in [0.5, 0.6) is 0 Å². The van der Waals surface area contributed by atoms with E-state index in [4.69, 9.17) is 4.74 Å². The number of anilines is 1. The minimum Gasteiger partial charge on any atom is -0.379 e. The van der Waals surface area contributed by atoms with Crippen molar-refractivity contribution in [2.24, 2.45) is 5.92 Å². The number of hydrogen-bond acceptors (Lipinski definition) is 5. The molecule has 0 spiro atoms. The summed E-state index contributed by atoms with van der Waals surface area (Å²) in [4.78, 5) is 31.8. The lowest BCUT2D eigenvalue weighted by Crippen LogP contribution is -2.44. The van der Waals surface area contributed by atoms with Gasteiger partial charge in [0.2, 0.25) is 5.91 Å². The molecule has 7 nitrogen and oxygen atoms in total. The highest BCUT2D eigenvalue weighted by Gasteiger charge is 2.29. The summed E-state index contributed by atoms with van der Waals surface area (Å²) in [6.07, 6.45) is 3.41. The normalized spacial score (nSPS) is 15.7. The fraction of sp³-hybridized carbons (Fsp3) is 0.409. The molecule has 7 heteroatoms. The topological polar surface area (TPSA) is 83.6 Å². The molecule has 1 aliphatic heterocycles. The Bertz CT molecular complexity index is 820. The van der Waals surface area contributed by atoms with Gasteiger partial charge >= 0.3 is 0 Å². The van der Waals surface area contributed by atoms with Crippen molar-refractivity contribution in [3.05, 3.63) is 59.9 Å². The smallest absolute Gasteiger partial charge is 0.251 e. The predicted molar refractivity (Wildman–Crippen MR) is 112 cm³/mol. The van der Waals surface area contributed by atoms with E-state index < -0.39 is 6.04 Å². The first kappa shape index (κ1) is 21.0. The fourth-order valence-electron chi connectivity index (χ4n) is 3.25.